The number of methoxy groups -OCH3 is 1. The van der Waals surface area contributed by atoms with Gasteiger partial charge in [-0.2, -0.15) is 0 Å². The van der Waals surface area contributed by atoms with Crippen molar-refractivity contribution in [2.24, 2.45) is 0 Å². The van der Waals surface area contributed by atoms with Crippen molar-refractivity contribution < 1.29 is 13.9 Å². The highest BCUT2D eigenvalue weighted by Gasteiger charge is 2.14. The molecule has 0 fully saturated rings. The quantitative estimate of drug-likeness (QED) is 0.864. The lowest BCUT2D eigenvalue weighted by molar-refractivity contribution is 0.165. The Morgan fingerprint density at radius 2 is 2.00 bits per heavy atom. The minimum atomic E-state index is -0.436. The molecule has 0 radical (unpaired) electrons. The minimum absolute atomic E-state index is 0.0974. The van der Waals surface area contributed by atoms with Gasteiger partial charge in [-0.15, -0.1) is 0 Å². The number of carbonyl (C=O) groups excluding carboxylic acids is 1. The number of carbonyl (C=O) groups is 1. The number of hydrogen-bond donors (Lipinski definition) is 1. The lowest BCUT2D eigenvalue weighted by atomic mass is 10.1. The standard InChI is InChI=1S/C14H21FN2O2.C3H8/c1-4-17(9-8-16-14(18)19-3)11(2)12-6-5-7-13(15)10-12;1-3-2/h5-7,10-11H,4,8-9H2,1-3H3,(H,16,18);3H2,1-2H3. The van der Waals surface area contributed by atoms with Gasteiger partial charge in [-0.3, -0.25) is 4.90 Å². The van der Waals surface area contributed by atoms with Crippen molar-refractivity contribution in [3.05, 3.63) is 35.6 Å². The van der Waals surface area contributed by atoms with Crippen molar-refractivity contribution in [3.8, 4) is 0 Å². The number of ether oxygens (including phenoxy) is 1. The number of likely N-dealkylation sites (N-methyl/N-ethyl adjacent to an activating group) is 1. The zero-order chi connectivity index (χ0) is 17.0. The summed E-state index contributed by atoms with van der Waals surface area (Å²) in [7, 11) is 1.34. The molecule has 5 heteroatoms. The van der Waals surface area contributed by atoms with Crippen LogP contribution in [0.15, 0.2) is 24.3 Å². The van der Waals surface area contributed by atoms with Gasteiger partial charge in [0, 0.05) is 19.1 Å². The van der Waals surface area contributed by atoms with Crippen molar-refractivity contribution >= 4 is 6.09 Å². The van der Waals surface area contributed by atoms with Crippen molar-refractivity contribution in [2.45, 2.75) is 40.2 Å². The summed E-state index contributed by atoms with van der Waals surface area (Å²) in [5.74, 6) is -0.229. The summed E-state index contributed by atoms with van der Waals surface area (Å²) in [5.41, 5.74) is 0.930. The molecule has 1 rings (SSSR count). The maximum absolute atomic E-state index is 13.2. The Morgan fingerprint density at radius 1 is 1.36 bits per heavy atom. The zero-order valence-electron chi connectivity index (χ0n) is 14.4. The maximum atomic E-state index is 13.2. The second-order valence-corrected chi connectivity index (χ2v) is 4.99. The van der Waals surface area contributed by atoms with Crippen LogP contribution in [-0.2, 0) is 4.74 Å². The number of rotatable bonds is 6. The summed E-state index contributed by atoms with van der Waals surface area (Å²) in [6.45, 7) is 10.3. The molecule has 4 nitrogen and oxygen atoms in total. The van der Waals surface area contributed by atoms with Gasteiger partial charge in [0.1, 0.15) is 5.82 Å². The second-order valence-electron chi connectivity index (χ2n) is 4.99. The molecule has 0 spiro atoms. The number of nitrogens with zero attached hydrogens (tertiary/aromatic N) is 1. The molecule has 0 aromatic heterocycles. The lowest BCUT2D eigenvalue weighted by Gasteiger charge is -2.28. The molecule has 0 heterocycles. The van der Waals surface area contributed by atoms with Crippen LogP contribution in [0, 0.1) is 5.82 Å². The molecule has 1 atom stereocenters. The van der Waals surface area contributed by atoms with E-state index in [0.717, 1.165) is 12.1 Å². The van der Waals surface area contributed by atoms with Crippen LogP contribution < -0.4 is 5.32 Å². The van der Waals surface area contributed by atoms with E-state index in [1.54, 1.807) is 12.1 Å². The molecular weight excluding hydrogens is 283 g/mol. The van der Waals surface area contributed by atoms with Crippen molar-refractivity contribution in [2.75, 3.05) is 26.7 Å². The summed E-state index contributed by atoms with van der Waals surface area (Å²) in [6, 6.07) is 6.69. The Kier molecular flexibility index (Phi) is 11.1. The predicted molar refractivity (Wildman–Crippen MR) is 88.4 cm³/mol. The van der Waals surface area contributed by atoms with E-state index in [9.17, 15) is 9.18 Å². The number of amides is 1. The van der Waals surface area contributed by atoms with E-state index >= 15 is 0 Å². The van der Waals surface area contributed by atoms with Gasteiger partial charge >= 0.3 is 6.09 Å². The fourth-order valence-corrected chi connectivity index (χ4v) is 1.98. The first-order valence-electron chi connectivity index (χ1n) is 7.81. The number of nitrogens with one attached hydrogen (secondary N) is 1. The highest BCUT2D eigenvalue weighted by Crippen LogP contribution is 2.20. The Bertz CT molecular complexity index is 427. The molecule has 1 amide bonds. The first-order valence-corrected chi connectivity index (χ1v) is 7.81. The van der Waals surface area contributed by atoms with Crippen LogP contribution in [0.2, 0.25) is 0 Å². The molecule has 0 saturated carbocycles. The third kappa shape index (κ3) is 7.98. The molecule has 1 aromatic rings. The van der Waals surface area contributed by atoms with E-state index in [-0.39, 0.29) is 11.9 Å². The SMILES string of the molecule is CCC.CCN(CCNC(=O)OC)C(C)c1cccc(F)c1. The second kappa shape index (κ2) is 12.0. The molecule has 1 unspecified atom stereocenters. The molecule has 0 bridgehead atoms. The fourth-order valence-electron chi connectivity index (χ4n) is 1.98. The number of halogens is 1. The van der Waals surface area contributed by atoms with E-state index in [1.807, 2.05) is 19.9 Å². The van der Waals surface area contributed by atoms with Crippen LogP contribution >= 0.6 is 0 Å². The Labute approximate surface area is 133 Å². The van der Waals surface area contributed by atoms with E-state index < -0.39 is 6.09 Å². The first kappa shape index (κ1) is 20.4. The molecule has 22 heavy (non-hydrogen) atoms. The molecule has 1 aromatic carbocycles. The molecule has 0 aliphatic carbocycles. The molecular formula is C17H29FN2O2. The van der Waals surface area contributed by atoms with Gasteiger partial charge in [-0.05, 0) is 31.2 Å². The minimum Gasteiger partial charge on any atom is -0.453 e. The molecule has 126 valence electrons. The normalized spacial score (nSPS) is 11.4. The van der Waals surface area contributed by atoms with Gasteiger partial charge in [-0.1, -0.05) is 39.3 Å². The number of alkyl carbamates (subject to hydrolysis) is 1. The largest absolute Gasteiger partial charge is 0.453 e. The van der Waals surface area contributed by atoms with Crippen molar-refractivity contribution in [1.29, 1.82) is 0 Å². The van der Waals surface area contributed by atoms with Gasteiger partial charge in [-0.25, -0.2) is 9.18 Å². The van der Waals surface area contributed by atoms with Crippen molar-refractivity contribution in [3.63, 3.8) is 0 Å². The van der Waals surface area contributed by atoms with Crippen LogP contribution in [0.25, 0.3) is 0 Å². The van der Waals surface area contributed by atoms with E-state index in [0.29, 0.717) is 13.1 Å². The summed E-state index contributed by atoms with van der Waals surface area (Å²) in [4.78, 5) is 13.1. The molecule has 0 aliphatic heterocycles. The van der Waals surface area contributed by atoms with Crippen LogP contribution in [0.4, 0.5) is 9.18 Å². The third-order valence-corrected chi connectivity index (χ3v) is 3.14. The Hall–Kier alpha value is -1.62. The predicted octanol–water partition coefficient (Wildman–Crippen LogP) is 3.98. The van der Waals surface area contributed by atoms with E-state index in [4.69, 9.17) is 0 Å². The van der Waals surface area contributed by atoms with Crippen molar-refractivity contribution in [1.82, 2.24) is 10.2 Å². The fraction of sp³-hybridized carbons (Fsp3) is 0.588. The molecule has 0 aliphatic rings. The average molecular weight is 312 g/mol. The summed E-state index contributed by atoms with van der Waals surface area (Å²) in [6.07, 6.45) is 0.814. The van der Waals surface area contributed by atoms with Gasteiger partial charge < -0.3 is 10.1 Å². The number of hydrogen-bond acceptors (Lipinski definition) is 3. The Morgan fingerprint density at radius 3 is 2.50 bits per heavy atom. The summed E-state index contributed by atoms with van der Waals surface area (Å²) < 4.78 is 17.7. The topological polar surface area (TPSA) is 41.6 Å². The summed E-state index contributed by atoms with van der Waals surface area (Å²) in [5, 5.41) is 2.64. The molecule has 0 saturated heterocycles. The smallest absolute Gasteiger partial charge is 0.406 e. The van der Waals surface area contributed by atoms with Crippen LogP contribution in [0.1, 0.15) is 45.7 Å². The number of benzene rings is 1. The zero-order valence-corrected chi connectivity index (χ0v) is 14.4. The third-order valence-electron chi connectivity index (χ3n) is 3.14. The van der Waals surface area contributed by atoms with Crippen LogP contribution in [-0.4, -0.2) is 37.7 Å². The van der Waals surface area contributed by atoms with Gasteiger partial charge in [0.25, 0.3) is 0 Å². The lowest BCUT2D eigenvalue weighted by Crippen LogP contribution is -2.36. The van der Waals surface area contributed by atoms with Gasteiger partial charge in [0.05, 0.1) is 7.11 Å². The average Bonchev–Trinajstić information content (AvgIpc) is 2.51. The highest BCUT2D eigenvalue weighted by molar-refractivity contribution is 5.66. The monoisotopic (exact) mass is 312 g/mol. The van der Waals surface area contributed by atoms with E-state index in [1.165, 1.54) is 19.6 Å². The molecule has 1 N–H and O–H groups in total. The highest BCUT2D eigenvalue weighted by atomic mass is 19.1. The van der Waals surface area contributed by atoms with Crippen LogP contribution in [0.5, 0.6) is 0 Å². The Balaban J connectivity index is 0.00000135. The van der Waals surface area contributed by atoms with Crippen LogP contribution in [0.3, 0.4) is 0 Å². The van der Waals surface area contributed by atoms with Gasteiger partial charge in [0.15, 0.2) is 0 Å². The summed E-state index contributed by atoms with van der Waals surface area (Å²) >= 11 is 0. The van der Waals surface area contributed by atoms with E-state index in [2.05, 4.69) is 28.8 Å². The maximum Gasteiger partial charge on any atom is 0.406 e. The first-order chi connectivity index (χ1) is 10.5. The van der Waals surface area contributed by atoms with Gasteiger partial charge in [0.2, 0.25) is 0 Å².